The van der Waals surface area contributed by atoms with Gasteiger partial charge in [-0.3, -0.25) is 4.79 Å². The highest BCUT2D eigenvalue weighted by Crippen LogP contribution is 2.27. The summed E-state index contributed by atoms with van der Waals surface area (Å²) in [6.45, 7) is 1.72. The number of aromatic carboxylic acids is 1. The molecule has 0 bridgehead atoms. The molecule has 29 heavy (non-hydrogen) atoms. The molecule has 0 atom stereocenters. The van der Waals surface area contributed by atoms with Crippen molar-refractivity contribution in [3.63, 3.8) is 0 Å². The van der Waals surface area contributed by atoms with Crippen molar-refractivity contribution in [2.24, 2.45) is 0 Å². The third kappa shape index (κ3) is 4.55. The first kappa shape index (κ1) is 20.4. The van der Waals surface area contributed by atoms with Crippen LogP contribution < -0.4 is 11.1 Å². The fourth-order valence-electron chi connectivity index (χ4n) is 3.01. The molecule has 0 aliphatic rings. The Hall–Kier alpha value is -3.38. The summed E-state index contributed by atoms with van der Waals surface area (Å²) in [6, 6.07) is 14.3. The van der Waals surface area contributed by atoms with Crippen molar-refractivity contribution >= 4 is 34.7 Å². The van der Waals surface area contributed by atoms with Crippen molar-refractivity contribution in [1.82, 2.24) is 0 Å². The number of nitrogens with one attached hydrogen (secondary N) is 1. The number of carbonyl (C=O) groups is 2. The highest BCUT2D eigenvalue weighted by Gasteiger charge is 2.20. The average Bonchev–Trinajstić information content (AvgIpc) is 2.67. The van der Waals surface area contributed by atoms with E-state index in [9.17, 15) is 19.1 Å². The van der Waals surface area contributed by atoms with Crippen molar-refractivity contribution in [1.29, 1.82) is 0 Å². The van der Waals surface area contributed by atoms with E-state index in [-0.39, 0.29) is 34.2 Å². The minimum Gasteiger partial charge on any atom is -0.478 e. The lowest BCUT2D eigenvalue weighted by Crippen LogP contribution is -2.19. The van der Waals surface area contributed by atoms with E-state index < -0.39 is 11.8 Å². The van der Waals surface area contributed by atoms with Crippen LogP contribution in [0.5, 0.6) is 0 Å². The Morgan fingerprint density at radius 3 is 2.38 bits per heavy atom. The monoisotopic (exact) mass is 412 g/mol. The molecule has 7 heteroatoms. The van der Waals surface area contributed by atoms with Crippen molar-refractivity contribution in [3.8, 4) is 11.1 Å². The van der Waals surface area contributed by atoms with E-state index in [1.807, 2.05) is 25.1 Å². The van der Waals surface area contributed by atoms with E-state index >= 15 is 0 Å². The van der Waals surface area contributed by atoms with Gasteiger partial charge in [0.2, 0.25) is 0 Å². The lowest BCUT2D eigenvalue weighted by Gasteiger charge is -2.13. The van der Waals surface area contributed by atoms with Crippen LogP contribution in [0.15, 0.2) is 54.6 Å². The topological polar surface area (TPSA) is 92.4 Å². The van der Waals surface area contributed by atoms with Crippen LogP contribution in [-0.2, 0) is 0 Å². The number of carboxylic acid groups (broad SMARTS) is 1. The molecule has 0 aliphatic carbocycles. The molecule has 148 valence electrons. The predicted octanol–water partition coefficient (Wildman–Crippen LogP) is 5.03. The van der Waals surface area contributed by atoms with E-state index in [4.69, 9.17) is 17.3 Å². The van der Waals surface area contributed by atoms with Crippen LogP contribution in [0.4, 0.5) is 15.8 Å². The Labute approximate surface area is 171 Å². The van der Waals surface area contributed by atoms with E-state index in [2.05, 4.69) is 5.32 Å². The first-order valence-electron chi connectivity index (χ1n) is 8.72. The summed E-state index contributed by atoms with van der Waals surface area (Å²) >= 11 is 5.86. The first-order chi connectivity index (χ1) is 13.8. The number of anilines is 2. The number of Topliss-reactive ketones (excluding diaryl/α,β-unsaturated/α-hetero) is 1. The van der Waals surface area contributed by atoms with Crippen molar-refractivity contribution in [2.45, 2.75) is 6.92 Å². The number of carbonyl (C=O) groups excluding carboxylic acids is 1. The maximum atomic E-state index is 13.2. The summed E-state index contributed by atoms with van der Waals surface area (Å²) in [5.41, 5.74) is 8.81. The quantitative estimate of drug-likeness (QED) is 0.390. The fourth-order valence-corrected chi connectivity index (χ4v) is 3.23. The van der Waals surface area contributed by atoms with E-state index in [1.165, 1.54) is 24.3 Å². The summed E-state index contributed by atoms with van der Waals surface area (Å²) in [4.78, 5) is 24.2. The van der Waals surface area contributed by atoms with Crippen LogP contribution in [0.1, 0.15) is 26.3 Å². The second kappa shape index (κ2) is 8.32. The molecule has 0 unspecified atom stereocenters. The van der Waals surface area contributed by atoms with Crippen LogP contribution in [-0.4, -0.2) is 23.4 Å². The molecule has 0 spiro atoms. The summed E-state index contributed by atoms with van der Waals surface area (Å²) in [6.07, 6.45) is 0. The lowest BCUT2D eigenvalue weighted by molar-refractivity contribution is 0.0692. The molecule has 0 saturated carbocycles. The van der Waals surface area contributed by atoms with Gasteiger partial charge >= 0.3 is 5.97 Å². The molecule has 0 aromatic heterocycles. The van der Waals surface area contributed by atoms with E-state index in [0.717, 1.165) is 16.7 Å². The Morgan fingerprint density at radius 2 is 1.72 bits per heavy atom. The molecular weight excluding hydrogens is 395 g/mol. The molecular formula is C22H18ClFN2O3. The third-order valence-corrected chi connectivity index (χ3v) is 4.72. The van der Waals surface area contributed by atoms with Gasteiger partial charge < -0.3 is 16.2 Å². The van der Waals surface area contributed by atoms with E-state index in [1.54, 1.807) is 12.1 Å². The number of nitrogens with two attached hydrogens (primary N) is 1. The van der Waals surface area contributed by atoms with Gasteiger partial charge in [-0.2, -0.15) is 0 Å². The van der Waals surface area contributed by atoms with Gasteiger partial charge in [0.25, 0.3) is 0 Å². The predicted molar refractivity (Wildman–Crippen MR) is 112 cm³/mol. The van der Waals surface area contributed by atoms with Gasteiger partial charge in [0.05, 0.1) is 17.7 Å². The number of halogens is 2. The Morgan fingerprint density at radius 1 is 1.07 bits per heavy atom. The maximum Gasteiger partial charge on any atom is 0.336 e. The smallest absolute Gasteiger partial charge is 0.336 e. The van der Waals surface area contributed by atoms with Crippen LogP contribution in [0, 0.1) is 12.7 Å². The van der Waals surface area contributed by atoms with Crippen LogP contribution in [0.25, 0.3) is 11.1 Å². The Balaban J connectivity index is 1.85. The van der Waals surface area contributed by atoms with Crippen LogP contribution in [0.2, 0.25) is 5.02 Å². The molecule has 0 fully saturated rings. The highest BCUT2D eigenvalue weighted by atomic mass is 35.5. The molecule has 3 aromatic carbocycles. The SMILES string of the molecule is Cc1ccc(-c2ccc(F)cc2)cc1NCC(=O)c1c(N)cc(Cl)cc1C(=O)O. The lowest BCUT2D eigenvalue weighted by atomic mass is 10.0. The Bertz CT molecular complexity index is 1100. The average molecular weight is 413 g/mol. The molecule has 0 amide bonds. The molecule has 0 heterocycles. The summed E-state index contributed by atoms with van der Waals surface area (Å²) < 4.78 is 13.2. The van der Waals surface area contributed by atoms with Crippen molar-refractivity contribution < 1.29 is 19.1 Å². The number of benzene rings is 3. The molecule has 0 aliphatic heterocycles. The number of ketones is 1. The van der Waals surface area contributed by atoms with Crippen molar-refractivity contribution in [3.05, 3.63) is 82.1 Å². The van der Waals surface area contributed by atoms with Gasteiger partial charge in [-0.1, -0.05) is 35.9 Å². The molecule has 3 rings (SSSR count). The molecule has 4 N–H and O–H groups in total. The summed E-state index contributed by atoms with van der Waals surface area (Å²) in [5.74, 6) is -2.07. The van der Waals surface area contributed by atoms with E-state index in [0.29, 0.717) is 5.69 Å². The highest BCUT2D eigenvalue weighted by molar-refractivity contribution is 6.31. The van der Waals surface area contributed by atoms with Crippen molar-refractivity contribution in [2.75, 3.05) is 17.6 Å². The summed E-state index contributed by atoms with van der Waals surface area (Å²) in [7, 11) is 0. The first-order valence-corrected chi connectivity index (χ1v) is 9.10. The minimum absolute atomic E-state index is 0.0125. The number of carboxylic acids is 1. The number of nitrogen functional groups attached to an aromatic ring is 1. The van der Waals surface area contributed by atoms with Gasteiger partial charge in [-0.05, 0) is 53.9 Å². The molecule has 0 radical (unpaired) electrons. The van der Waals surface area contributed by atoms with Gasteiger partial charge in [0.1, 0.15) is 5.82 Å². The number of rotatable bonds is 6. The number of aryl methyl sites for hydroxylation is 1. The van der Waals surface area contributed by atoms with Gasteiger partial charge in [0, 0.05) is 16.4 Å². The fraction of sp³-hybridized carbons (Fsp3) is 0.0909. The van der Waals surface area contributed by atoms with Gasteiger partial charge in [-0.15, -0.1) is 0 Å². The molecule has 5 nitrogen and oxygen atoms in total. The second-order valence-corrected chi connectivity index (χ2v) is 6.97. The molecule has 3 aromatic rings. The van der Waals surface area contributed by atoms with Crippen LogP contribution in [0.3, 0.4) is 0 Å². The zero-order valence-corrected chi connectivity index (χ0v) is 16.3. The minimum atomic E-state index is -1.28. The largest absolute Gasteiger partial charge is 0.478 e. The van der Waals surface area contributed by atoms with Gasteiger partial charge in [-0.25, -0.2) is 9.18 Å². The number of hydrogen-bond donors (Lipinski definition) is 3. The van der Waals surface area contributed by atoms with Crippen LogP contribution >= 0.6 is 11.6 Å². The van der Waals surface area contributed by atoms with Gasteiger partial charge in [0.15, 0.2) is 5.78 Å². The zero-order chi connectivity index (χ0) is 21.1. The molecule has 0 saturated heterocycles. The summed E-state index contributed by atoms with van der Waals surface area (Å²) in [5, 5.41) is 12.5. The standard InChI is InChI=1S/C22H18ClFN2O3/c1-12-2-3-14(13-4-6-16(24)7-5-13)8-19(12)26-11-20(27)21-17(22(28)29)9-15(23)10-18(21)25/h2-10,26H,11,25H2,1H3,(H,28,29). The third-order valence-electron chi connectivity index (χ3n) is 4.50. The number of hydrogen-bond acceptors (Lipinski definition) is 4. The maximum absolute atomic E-state index is 13.2. The second-order valence-electron chi connectivity index (χ2n) is 6.54. The Kier molecular flexibility index (Phi) is 5.84. The normalized spacial score (nSPS) is 10.6. The zero-order valence-electron chi connectivity index (χ0n) is 15.5.